The van der Waals surface area contributed by atoms with Crippen molar-refractivity contribution in [1.82, 2.24) is 14.4 Å². The summed E-state index contributed by atoms with van der Waals surface area (Å²) in [6.45, 7) is 4.07. The predicted molar refractivity (Wildman–Crippen MR) is 94.3 cm³/mol. The molecule has 1 atom stereocenters. The number of hydrogen-bond donors (Lipinski definition) is 1. The predicted octanol–water partition coefficient (Wildman–Crippen LogP) is 1.73. The molecule has 5 heteroatoms. The molecule has 1 fully saturated rings. The van der Waals surface area contributed by atoms with Gasteiger partial charge in [-0.15, -0.1) is 0 Å². The summed E-state index contributed by atoms with van der Waals surface area (Å²) in [6, 6.07) is 8.18. The Morgan fingerprint density at radius 2 is 1.88 bits per heavy atom. The lowest BCUT2D eigenvalue weighted by atomic mass is 10.0. The lowest BCUT2D eigenvalue weighted by molar-refractivity contribution is 0.0757. The molecular formula is C19H25N3O2. The van der Waals surface area contributed by atoms with Crippen LogP contribution in [0.5, 0.6) is 0 Å². The fourth-order valence-electron chi connectivity index (χ4n) is 4.16. The van der Waals surface area contributed by atoms with Crippen molar-refractivity contribution in [2.75, 3.05) is 33.2 Å². The van der Waals surface area contributed by atoms with Crippen molar-refractivity contribution in [3.05, 3.63) is 35.5 Å². The standard InChI is InChI=1S/C19H25N3O2/c1-20-11-8-16-15-6-2-3-7-17(15)22(18(16)19(20)24)13-14(23)12-21-9-4-5-10-21/h2-3,6-7,14,23H,4-5,8-13H2,1H3/t14-/m0/s1. The number of nitrogens with zero attached hydrogens (tertiary/aromatic N) is 3. The van der Waals surface area contributed by atoms with E-state index in [4.69, 9.17) is 0 Å². The minimum atomic E-state index is -0.456. The van der Waals surface area contributed by atoms with E-state index in [1.807, 2.05) is 23.7 Å². The molecule has 4 rings (SSSR count). The Morgan fingerprint density at radius 1 is 1.12 bits per heavy atom. The van der Waals surface area contributed by atoms with Crippen LogP contribution in [0.1, 0.15) is 28.9 Å². The maximum absolute atomic E-state index is 12.7. The first-order valence-electron chi connectivity index (χ1n) is 8.91. The van der Waals surface area contributed by atoms with Crippen LogP contribution in [0, 0.1) is 0 Å². The number of amides is 1. The van der Waals surface area contributed by atoms with Crippen LogP contribution in [0.4, 0.5) is 0 Å². The molecule has 2 aromatic rings. The zero-order valence-electron chi connectivity index (χ0n) is 14.2. The quantitative estimate of drug-likeness (QED) is 0.930. The lowest BCUT2D eigenvalue weighted by Gasteiger charge is -2.26. The van der Waals surface area contributed by atoms with E-state index in [9.17, 15) is 9.90 Å². The molecule has 3 heterocycles. The van der Waals surface area contributed by atoms with Crippen LogP contribution in [0.15, 0.2) is 24.3 Å². The van der Waals surface area contributed by atoms with Crippen LogP contribution in [-0.2, 0) is 13.0 Å². The molecular weight excluding hydrogens is 302 g/mol. The molecule has 2 aliphatic rings. The van der Waals surface area contributed by atoms with Gasteiger partial charge in [0.15, 0.2) is 0 Å². The minimum absolute atomic E-state index is 0.0702. The molecule has 0 unspecified atom stereocenters. The van der Waals surface area contributed by atoms with Gasteiger partial charge in [-0.2, -0.15) is 0 Å². The van der Waals surface area contributed by atoms with Crippen molar-refractivity contribution < 1.29 is 9.90 Å². The molecule has 1 aromatic carbocycles. The lowest BCUT2D eigenvalue weighted by Crippen LogP contribution is -2.37. The summed E-state index contributed by atoms with van der Waals surface area (Å²) < 4.78 is 2.05. The van der Waals surface area contributed by atoms with Crippen LogP contribution < -0.4 is 0 Å². The van der Waals surface area contributed by atoms with Crippen molar-refractivity contribution in [2.45, 2.75) is 31.9 Å². The average molecular weight is 327 g/mol. The molecule has 2 aliphatic heterocycles. The summed E-state index contributed by atoms with van der Waals surface area (Å²) in [7, 11) is 1.86. The number of β-amino-alcohol motifs (C(OH)–C–C–N with tert-alkyl or cyclic N) is 1. The number of hydrogen-bond acceptors (Lipinski definition) is 3. The Kier molecular flexibility index (Phi) is 4.06. The van der Waals surface area contributed by atoms with E-state index in [2.05, 4.69) is 17.0 Å². The molecule has 24 heavy (non-hydrogen) atoms. The number of carbonyl (C=O) groups excluding carboxylic acids is 1. The van der Waals surface area contributed by atoms with E-state index in [1.165, 1.54) is 12.8 Å². The first kappa shape index (κ1) is 15.7. The summed E-state index contributed by atoms with van der Waals surface area (Å²) in [6.07, 6.45) is 2.87. The molecule has 1 saturated heterocycles. The Labute approximate surface area is 142 Å². The number of rotatable bonds is 4. The number of likely N-dealkylation sites (tertiary alicyclic amines) is 1. The summed E-state index contributed by atoms with van der Waals surface area (Å²) in [5.74, 6) is 0.0702. The monoisotopic (exact) mass is 327 g/mol. The third-order valence-electron chi connectivity index (χ3n) is 5.38. The topological polar surface area (TPSA) is 48.7 Å². The molecule has 1 N–H and O–H groups in total. The largest absolute Gasteiger partial charge is 0.390 e. The van der Waals surface area contributed by atoms with Crippen LogP contribution in [0.3, 0.4) is 0 Å². The Balaban J connectivity index is 1.70. The van der Waals surface area contributed by atoms with Gasteiger partial charge in [-0.25, -0.2) is 0 Å². The van der Waals surface area contributed by atoms with Crippen LogP contribution in [0.2, 0.25) is 0 Å². The SMILES string of the molecule is CN1CCc2c(n(C[C@@H](O)CN3CCCC3)c3ccccc23)C1=O. The molecule has 0 bridgehead atoms. The first-order chi connectivity index (χ1) is 11.6. The number of likely N-dealkylation sites (N-methyl/N-ethyl adjacent to an activating group) is 1. The van der Waals surface area contributed by atoms with E-state index in [0.29, 0.717) is 13.1 Å². The number of aliphatic hydroxyl groups is 1. The summed E-state index contributed by atoms with van der Waals surface area (Å²) in [5.41, 5.74) is 2.97. The summed E-state index contributed by atoms with van der Waals surface area (Å²) >= 11 is 0. The van der Waals surface area contributed by atoms with Gasteiger partial charge in [0, 0.05) is 31.0 Å². The van der Waals surface area contributed by atoms with Gasteiger partial charge in [-0.3, -0.25) is 4.79 Å². The van der Waals surface area contributed by atoms with E-state index in [-0.39, 0.29) is 5.91 Å². The highest BCUT2D eigenvalue weighted by Crippen LogP contribution is 2.30. The van der Waals surface area contributed by atoms with Gasteiger partial charge in [0.25, 0.3) is 5.91 Å². The van der Waals surface area contributed by atoms with E-state index in [1.54, 1.807) is 4.90 Å². The Bertz CT molecular complexity index is 761. The highest BCUT2D eigenvalue weighted by atomic mass is 16.3. The van der Waals surface area contributed by atoms with Crippen molar-refractivity contribution in [3.8, 4) is 0 Å². The molecule has 0 radical (unpaired) electrons. The van der Waals surface area contributed by atoms with Gasteiger partial charge in [-0.1, -0.05) is 18.2 Å². The second-order valence-corrected chi connectivity index (χ2v) is 7.09. The van der Waals surface area contributed by atoms with Gasteiger partial charge in [-0.05, 0) is 44.0 Å². The maximum Gasteiger partial charge on any atom is 0.270 e. The normalized spacial score (nSPS) is 19.9. The minimum Gasteiger partial charge on any atom is -0.390 e. The highest BCUT2D eigenvalue weighted by Gasteiger charge is 2.29. The molecule has 1 amide bonds. The maximum atomic E-state index is 12.7. The zero-order valence-corrected chi connectivity index (χ0v) is 14.2. The first-order valence-corrected chi connectivity index (χ1v) is 8.91. The van der Waals surface area contributed by atoms with E-state index >= 15 is 0 Å². The highest BCUT2D eigenvalue weighted by molar-refractivity contribution is 6.02. The van der Waals surface area contributed by atoms with Gasteiger partial charge in [0.05, 0.1) is 12.6 Å². The molecule has 1 aromatic heterocycles. The molecule has 0 spiro atoms. The number of aromatic nitrogens is 1. The average Bonchev–Trinajstić information content (AvgIpc) is 3.18. The van der Waals surface area contributed by atoms with Gasteiger partial charge >= 0.3 is 0 Å². The number of benzene rings is 1. The molecule has 0 aliphatic carbocycles. The van der Waals surface area contributed by atoms with Crippen LogP contribution >= 0.6 is 0 Å². The fraction of sp³-hybridized carbons (Fsp3) is 0.526. The molecule has 0 saturated carbocycles. The molecule has 5 nitrogen and oxygen atoms in total. The summed E-state index contributed by atoms with van der Waals surface area (Å²) in [5, 5.41) is 11.8. The van der Waals surface area contributed by atoms with E-state index < -0.39 is 6.10 Å². The third-order valence-corrected chi connectivity index (χ3v) is 5.38. The van der Waals surface area contributed by atoms with Crippen molar-refractivity contribution in [3.63, 3.8) is 0 Å². The van der Waals surface area contributed by atoms with Gasteiger partial charge < -0.3 is 19.5 Å². The van der Waals surface area contributed by atoms with Crippen molar-refractivity contribution in [2.24, 2.45) is 0 Å². The Morgan fingerprint density at radius 3 is 2.67 bits per heavy atom. The molecule has 128 valence electrons. The van der Waals surface area contributed by atoms with Crippen molar-refractivity contribution >= 4 is 16.8 Å². The second kappa shape index (κ2) is 6.22. The van der Waals surface area contributed by atoms with Crippen molar-refractivity contribution in [1.29, 1.82) is 0 Å². The fourth-order valence-corrected chi connectivity index (χ4v) is 4.16. The van der Waals surface area contributed by atoms with Crippen LogP contribution in [-0.4, -0.2) is 64.7 Å². The number of fused-ring (bicyclic) bond motifs is 3. The third kappa shape index (κ3) is 2.62. The van der Waals surface area contributed by atoms with Gasteiger partial charge in [0.2, 0.25) is 0 Å². The van der Waals surface area contributed by atoms with E-state index in [0.717, 1.165) is 48.2 Å². The Hall–Kier alpha value is -1.85. The number of para-hydroxylation sites is 1. The van der Waals surface area contributed by atoms with Gasteiger partial charge in [0.1, 0.15) is 5.69 Å². The second-order valence-electron chi connectivity index (χ2n) is 7.09. The zero-order chi connectivity index (χ0) is 16.7. The number of carbonyl (C=O) groups is 1. The smallest absolute Gasteiger partial charge is 0.270 e. The number of aliphatic hydroxyl groups excluding tert-OH is 1. The summed E-state index contributed by atoms with van der Waals surface area (Å²) in [4.78, 5) is 16.8. The van der Waals surface area contributed by atoms with Crippen LogP contribution in [0.25, 0.3) is 10.9 Å².